The van der Waals surface area contributed by atoms with Crippen molar-refractivity contribution < 1.29 is 17.7 Å². The van der Waals surface area contributed by atoms with Crippen LogP contribution in [0.25, 0.3) is 0 Å². The highest BCUT2D eigenvalue weighted by Gasteiger charge is 2.33. The molecule has 8 heteroatoms. The Morgan fingerprint density at radius 1 is 1.11 bits per heavy atom. The molecule has 1 aliphatic heterocycles. The topological polar surface area (TPSA) is 83.7 Å². The summed E-state index contributed by atoms with van der Waals surface area (Å²) in [5.74, 6) is 0.370. The summed E-state index contributed by atoms with van der Waals surface area (Å²) in [4.78, 5) is 14.8. The van der Waals surface area contributed by atoms with Crippen LogP contribution in [0.5, 0.6) is 0 Å². The second-order valence-corrected chi connectivity index (χ2v) is 8.95. The van der Waals surface area contributed by atoms with Gasteiger partial charge < -0.3 is 4.52 Å². The van der Waals surface area contributed by atoms with E-state index in [0.29, 0.717) is 44.2 Å². The van der Waals surface area contributed by atoms with Gasteiger partial charge in [0.15, 0.2) is 11.5 Å². The maximum absolute atomic E-state index is 12.9. The minimum absolute atomic E-state index is 0.0644. The Hall–Kier alpha value is -2.03. The molecule has 0 radical (unpaired) electrons. The second-order valence-electron chi connectivity index (χ2n) is 7.08. The van der Waals surface area contributed by atoms with Crippen molar-refractivity contribution in [1.82, 2.24) is 14.4 Å². The van der Waals surface area contributed by atoms with Gasteiger partial charge in [0, 0.05) is 31.7 Å². The molecule has 0 atom stereocenters. The van der Waals surface area contributed by atoms with E-state index in [2.05, 4.69) is 5.16 Å². The lowest BCUT2D eigenvalue weighted by molar-refractivity contribution is 0.0901. The van der Waals surface area contributed by atoms with Crippen LogP contribution in [0.2, 0.25) is 0 Å². The number of aryl methyl sites for hydroxylation is 4. The minimum atomic E-state index is -3.63. The lowest BCUT2D eigenvalue weighted by Crippen LogP contribution is -2.49. The minimum Gasteiger partial charge on any atom is -0.360 e. The summed E-state index contributed by atoms with van der Waals surface area (Å²) in [6.45, 7) is 9.17. The standard InChI is InChI=1S/C19H25N3O4S/c1-13-5-6-17(14(2)11-13)18(23)12-21-7-9-22(10-8-21)27(24,25)19-15(3)20-26-16(19)4/h5-6,11H,7-10,12H2,1-4H3. The number of Topliss-reactive ketones (excluding diaryl/α,β-unsaturated/α-hetero) is 1. The van der Waals surface area contributed by atoms with E-state index < -0.39 is 10.0 Å². The zero-order chi connectivity index (χ0) is 19.8. The molecule has 1 aromatic heterocycles. The van der Waals surface area contributed by atoms with Crippen molar-refractivity contribution in [3.63, 3.8) is 0 Å². The van der Waals surface area contributed by atoms with Crippen LogP contribution >= 0.6 is 0 Å². The van der Waals surface area contributed by atoms with E-state index in [9.17, 15) is 13.2 Å². The molecule has 0 N–H and O–H groups in total. The first-order valence-corrected chi connectivity index (χ1v) is 10.4. The van der Waals surface area contributed by atoms with Gasteiger partial charge in [0.1, 0.15) is 10.6 Å². The molecule has 0 unspecified atom stereocenters. The summed E-state index contributed by atoms with van der Waals surface area (Å²) in [6, 6.07) is 5.81. The van der Waals surface area contributed by atoms with Crippen molar-refractivity contribution in [3.05, 3.63) is 46.3 Å². The predicted octanol–water partition coefficient (Wildman–Crippen LogP) is 2.10. The number of aromatic nitrogens is 1. The Kier molecular flexibility index (Phi) is 5.50. The van der Waals surface area contributed by atoms with Crippen LogP contribution < -0.4 is 0 Å². The number of sulfonamides is 1. The average Bonchev–Trinajstić information content (AvgIpc) is 2.94. The van der Waals surface area contributed by atoms with E-state index in [-0.39, 0.29) is 10.7 Å². The van der Waals surface area contributed by atoms with Crippen LogP contribution in [0.15, 0.2) is 27.6 Å². The average molecular weight is 391 g/mol. The molecule has 1 fully saturated rings. The molecule has 2 heterocycles. The molecule has 1 aromatic carbocycles. The third kappa shape index (κ3) is 3.97. The lowest BCUT2D eigenvalue weighted by Gasteiger charge is -2.33. The smallest absolute Gasteiger partial charge is 0.248 e. The SMILES string of the molecule is Cc1ccc(C(=O)CN2CCN(S(=O)(=O)c3c(C)noc3C)CC2)c(C)c1. The van der Waals surface area contributed by atoms with Crippen LogP contribution in [0.4, 0.5) is 0 Å². The van der Waals surface area contributed by atoms with E-state index in [1.54, 1.807) is 13.8 Å². The number of carbonyl (C=O) groups excluding carboxylic acids is 1. The third-order valence-electron chi connectivity index (χ3n) is 4.95. The maximum Gasteiger partial charge on any atom is 0.248 e. The number of nitrogens with zero attached hydrogens (tertiary/aromatic N) is 3. The largest absolute Gasteiger partial charge is 0.360 e. The maximum atomic E-state index is 12.9. The summed E-state index contributed by atoms with van der Waals surface area (Å²) >= 11 is 0. The molecule has 146 valence electrons. The van der Waals surface area contributed by atoms with Gasteiger partial charge in [0.05, 0.1) is 6.54 Å². The van der Waals surface area contributed by atoms with E-state index in [1.807, 2.05) is 36.9 Å². The van der Waals surface area contributed by atoms with E-state index in [0.717, 1.165) is 16.7 Å². The molecule has 7 nitrogen and oxygen atoms in total. The van der Waals surface area contributed by atoms with Gasteiger partial charge in [0.2, 0.25) is 10.0 Å². The molecule has 27 heavy (non-hydrogen) atoms. The van der Waals surface area contributed by atoms with Gasteiger partial charge in [-0.25, -0.2) is 8.42 Å². The van der Waals surface area contributed by atoms with Gasteiger partial charge in [0.25, 0.3) is 0 Å². The van der Waals surface area contributed by atoms with E-state index >= 15 is 0 Å². The van der Waals surface area contributed by atoms with E-state index in [4.69, 9.17) is 4.52 Å². The zero-order valence-electron chi connectivity index (χ0n) is 16.2. The predicted molar refractivity (Wildman–Crippen MR) is 101 cm³/mol. The third-order valence-corrected chi connectivity index (χ3v) is 7.09. The Labute approximate surface area is 160 Å². The van der Waals surface area contributed by atoms with Crippen LogP contribution in [-0.2, 0) is 10.0 Å². The first-order chi connectivity index (χ1) is 12.7. The van der Waals surface area contributed by atoms with Crippen molar-refractivity contribution >= 4 is 15.8 Å². The Morgan fingerprint density at radius 3 is 2.33 bits per heavy atom. The molecule has 0 spiro atoms. The fourth-order valence-corrected chi connectivity index (χ4v) is 5.23. The molecule has 3 rings (SSSR count). The normalized spacial score (nSPS) is 16.6. The Bertz CT molecular complexity index is 938. The summed E-state index contributed by atoms with van der Waals surface area (Å²) in [5, 5.41) is 3.74. The monoisotopic (exact) mass is 391 g/mol. The summed E-state index contributed by atoms with van der Waals surface area (Å²) in [7, 11) is -3.63. The molecular weight excluding hydrogens is 366 g/mol. The molecule has 0 saturated carbocycles. The fraction of sp³-hybridized carbons (Fsp3) is 0.474. The highest BCUT2D eigenvalue weighted by Crippen LogP contribution is 2.24. The van der Waals surface area contributed by atoms with Gasteiger partial charge in [-0.3, -0.25) is 9.69 Å². The number of hydrogen-bond acceptors (Lipinski definition) is 6. The number of carbonyl (C=O) groups is 1. The highest BCUT2D eigenvalue weighted by molar-refractivity contribution is 7.89. The van der Waals surface area contributed by atoms with Gasteiger partial charge in [-0.05, 0) is 33.3 Å². The number of hydrogen-bond donors (Lipinski definition) is 0. The van der Waals surface area contributed by atoms with Crippen LogP contribution in [0, 0.1) is 27.7 Å². The van der Waals surface area contributed by atoms with Gasteiger partial charge >= 0.3 is 0 Å². The van der Waals surface area contributed by atoms with Crippen molar-refractivity contribution in [1.29, 1.82) is 0 Å². The fourth-order valence-electron chi connectivity index (χ4n) is 3.51. The molecule has 1 aliphatic rings. The number of piperazine rings is 1. The van der Waals surface area contributed by atoms with Gasteiger partial charge in [-0.15, -0.1) is 0 Å². The van der Waals surface area contributed by atoms with Crippen molar-refractivity contribution in [2.75, 3.05) is 32.7 Å². The van der Waals surface area contributed by atoms with Crippen LogP contribution in [0.1, 0.15) is 32.9 Å². The molecule has 0 aliphatic carbocycles. The zero-order valence-corrected chi connectivity index (χ0v) is 17.0. The molecule has 1 saturated heterocycles. The summed E-state index contributed by atoms with van der Waals surface area (Å²) in [5.41, 5.74) is 3.20. The lowest BCUT2D eigenvalue weighted by atomic mass is 10.0. The molecule has 0 bridgehead atoms. The van der Waals surface area contributed by atoms with Crippen molar-refractivity contribution in [3.8, 4) is 0 Å². The highest BCUT2D eigenvalue weighted by atomic mass is 32.2. The first-order valence-electron chi connectivity index (χ1n) is 8.96. The molecule has 0 amide bonds. The van der Waals surface area contributed by atoms with Crippen molar-refractivity contribution in [2.45, 2.75) is 32.6 Å². The summed E-state index contributed by atoms with van der Waals surface area (Å²) in [6.07, 6.45) is 0. The number of rotatable bonds is 5. The quantitative estimate of drug-likeness (QED) is 0.726. The Morgan fingerprint density at radius 2 is 1.78 bits per heavy atom. The van der Waals surface area contributed by atoms with Gasteiger partial charge in [-0.1, -0.05) is 28.9 Å². The molecular formula is C19H25N3O4S. The number of benzene rings is 1. The Balaban J connectivity index is 1.64. The van der Waals surface area contributed by atoms with Gasteiger partial charge in [-0.2, -0.15) is 4.31 Å². The van der Waals surface area contributed by atoms with Crippen molar-refractivity contribution in [2.24, 2.45) is 0 Å². The first kappa shape index (κ1) is 19.7. The number of ketones is 1. The summed E-state index contributed by atoms with van der Waals surface area (Å²) < 4.78 is 32.2. The van der Waals surface area contributed by atoms with Crippen LogP contribution in [0.3, 0.4) is 0 Å². The van der Waals surface area contributed by atoms with Crippen LogP contribution in [-0.4, -0.2) is 61.3 Å². The molecule has 2 aromatic rings. The van der Waals surface area contributed by atoms with E-state index in [1.165, 1.54) is 4.31 Å². The second kappa shape index (κ2) is 7.53.